The van der Waals surface area contributed by atoms with E-state index in [2.05, 4.69) is 38.3 Å². The highest BCUT2D eigenvalue weighted by Crippen LogP contribution is 2.22. The molecule has 0 amide bonds. The Morgan fingerprint density at radius 2 is 1.93 bits per heavy atom. The Kier molecular flexibility index (Phi) is 9.38. The fourth-order valence-corrected chi connectivity index (χ4v) is 1.86. The zero-order chi connectivity index (χ0) is 11.5. The Morgan fingerprint density at radius 3 is 2.47 bits per heavy atom. The van der Waals surface area contributed by atoms with E-state index in [0.29, 0.717) is 5.92 Å². The summed E-state index contributed by atoms with van der Waals surface area (Å²) >= 11 is 0. The van der Waals surface area contributed by atoms with Crippen LogP contribution in [0.15, 0.2) is 12.7 Å². The monoisotopic (exact) mass is 206 g/mol. The maximum atomic E-state index is 3.84. The van der Waals surface area contributed by atoms with Crippen molar-refractivity contribution in [2.75, 3.05) is 0 Å². The summed E-state index contributed by atoms with van der Waals surface area (Å²) in [7, 11) is 0. The molecule has 0 fully saturated rings. The van der Waals surface area contributed by atoms with E-state index in [-0.39, 0.29) is 0 Å². The van der Waals surface area contributed by atoms with Crippen molar-refractivity contribution in [3.05, 3.63) is 12.7 Å². The van der Waals surface area contributed by atoms with Gasteiger partial charge in [0.1, 0.15) is 0 Å². The zero-order valence-corrected chi connectivity index (χ0v) is 10.7. The van der Waals surface area contributed by atoms with Crippen molar-refractivity contribution in [1.29, 1.82) is 0 Å². The lowest BCUT2D eigenvalue weighted by atomic mass is 9.90. The van der Waals surface area contributed by atoms with Crippen molar-refractivity contribution in [2.24, 2.45) is 11.8 Å². The molecule has 0 rings (SSSR count). The molecule has 0 aromatic carbocycles. The van der Waals surface area contributed by atoms with Crippen LogP contribution in [0.3, 0.4) is 0 Å². The molecule has 0 heterocycles. The van der Waals surface area contributed by atoms with Gasteiger partial charge in [-0.3, -0.25) is 0 Å². The molecular formula is C15H26. The molecule has 0 N–H and O–H groups in total. The standard InChI is InChI=1S/C15H26/c1-5-8-9-11-15(10-6-2)13-12-14(4)7-3/h7,14-15H,3,6,9-13H2,1-2,4H3. The summed E-state index contributed by atoms with van der Waals surface area (Å²) in [5.74, 6) is 7.69. The van der Waals surface area contributed by atoms with Gasteiger partial charge in [-0.1, -0.05) is 32.8 Å². The summed E-state index contributed by atoms with van der Waals surface area (Å²) < 4.78 is 0. The number of hydrogen-bond acceptors (Lipinski definition) is 0. The first-order chi connectivity index (χ1) is 7.24. The van der Waals surface area contributed by atoms with Crippen molar-refractivity contribution in [1.82, 2.24) is 0 Å². The van der Waals surface area contributed by atoms with E-state index < -0.39 is 0 Å². The summed E-state index contributed by atoms with van der Waals surface area (Å²) in [6, 6.07) is 0. The van der Waals surface area contributed by atoms with Gasteiger partial charge in [-0.15, -0.1) is 18.4 Å². The van der Waals surface area contributed by atoms with Crippen LogP contribution in [0.2, 0.25) is 0 Å². The highest BCUT2D eigenvalue weighted by molar-refractivity contribution is 4.95. The van der Waals surface area contributed by atoms with E-state index in [1.165, 1.54) is 32.1 Å². The van der Waals surface area contributed by atoms with Crippen molar-refractivity contribution in [2.45, 2.75) is 59.3 Å². The van der Waals surface area contributed by atoms with Crippen LogP contribution in [-0.2, 0) is 0 Å². The molecule has 0 aromatic rings. The van der Waals surface area contributed by atoms with E-state index in [1.54, 1.807) is 0 Å². The van der Waals surface area contributed by atoms with Crippen molar-refractivity contribution >= 4 is 0 Å². The van der Waals surface area contributed by atoms with Crippen molar-refractivity contribution < 1.29 is 0 Å². The van der Waals surface area contributed by atoms with Gasteiger partial charge >= 0.3 is 0 Å². The second-order valence-electron chi connectivity index (χ2n) is 4.41. The van der Waals surface area contributed by atoms with Gasteiger partial charge in [0.25, 0.3) is 0 Å². The highest BCUT2D eigenvalue weighted by atomic mass is 14.1. The number of allylic oxidation sites excluding steroid dienone is 1. The number of hydrogen-bond donors (Lipinski definition) is 0. The van der Waals surface area contributed by atoms with Crippen LogP contribution < -0.4 is 0 Å². The molecule has 0 radical (unpaired) electrons. The van der Waals surface area contributed by atoms with E-state index in [0.717, 1.165) is 12.3 Å². The molecule has 86 valence electrons. The first-order valence-electron chi connectivity index (χ1n) is 6.26. The van der Waals surface area contributed by atoms with Gasteiger partial charge in [0.2, 0.25) is 0 Å². The Hall–Kier alpha value is -0.700. The normalized spacial score (nSPS) is 13.8. The minimum atomic E-state index is 0.668. The maximum Gasteiger partial charge on any atom is 0.00912 e. The van der Waals surface area contributed by atoms with Gasteiger partial charge in [0, 0.05) is 6.42 Å². The van der Waals surface area contributed by atoms with Crippen LogP contribution >= 0.6 is 0 Å². The van der Waals surface area contributed by atoms with Gasteiger partial charge in [-0.25, -0.2) is 0 Å². The minimum absolute atomic E-state index is 0.668. The third kappa shape index (κ3) is 8.30. The van der Waals surface area contributed by atoms with Gasteiger partial charge in [-0.2, -0.15) is 0 Å². The molecule has 0 saturated carbocycles. The minimum Gasteiger partial charge on any atom is -0.107 e. The zero-order valence-electron chi connectivity index (χ0n) is 10.7. The highest BCUT2D eigenvalue weighted by Gasteiger charge is 2.08. The van der Waals surface area contributed by atoms with Crippen LogP contribution in [0.5, 0.6) is 0 Å². The lowest BCUT2D eigenvalue weighted by Crippen LogP contribution is -2.02. The Labute approximate surface area is 96.2 Å². The largest absolute Gasteiger partial charge is 0.107 e. The smallest absolute Gasteiger partial charge is 0.00912 e. The molecule has 0 bridgehead atoms. The van der Waals surface area contributed by atoms with Crippen LogP contribution in [0.25, 0.3) is 0 Å². The van der Waals surface area contributed by atoms with Crippen molar-refractivity contribution in [3.63, 3.8) is 0 Å². The third-order valence-electron chi connectivity index (χ3n) is 2.98. The molecule has 0 aliphatic rings. The Morgan fingerprint density at radius 1 is 1.20 bits per heavy atom. The molecule has 0 aromatic heterocycles. The molecule has 15 heavy (non-hydrogen) atoms. The third-order valence-corrected chi connectivity index (χ3v) is 2.98. The van der Waals surface area contributed by atoms with E-state index in [9.17, 15) is 0 Å². The summed E-state index contributed by atoms with van der Waals surface area (Å²) in [5.41, 5.74) is 0. The van der Waals surface area contributed by atoms with Crippen molar-refractivity contribution in [3.8, 4) is 11.8 Å². The molecule has 2 atom stereocenters. The summed E-state index contributed by atoms with van der Waals surface area (Å²) in [5, 5.41) is 0. The van der Waals surface area contributed by atoms with E-state index in [4.69, 9.17) is 0 Å². The predicted octanol–water partition coefficient (Wildman–Crippen LogP) is 4.81. The number of rotatable bonds is 8. The SMILES string of the molecule is C=CC(C)CCC(CCC)CCC#CC. The average molecular weight is 206 g/mol. The molecule has 2 unspecified atom stereocenters. The summed E-state index contributed by atoms with van der Waals surface area (Å²) in [6.07, 6.45) is 9.69. The molecule has 0 heteroatoms. The van der Waals surface area contributed by atoms with Crippen LogP contribution in [0, 0.1) is 23.7 Å². The summed E-state index contributed by atoms with van der Waals surface area (Å²) in [4.78, 5) is 0. The quantitative estimate of drug-likeness (QED) is 0.395. The molecule has 0 saturated heterocycles. The van der Waals surface area contributed by atoms with E-state index >= 15 is 0 Å². The topological polar surface area (TPSA) is 0 Å². The van der Waals surface area contributed by atoms with Gasteiger partial charge in [-0.05, 0) is 38.0 Å². The van der Waals surface area contributed by atoms with E-state index in [1.807, 2.05) is 6.92 Å². The van der Waals surface area contributed by atoms with Crippen LogP contribution in [0.4, 0.5) is 0 Å². The second kappa shape index (κ2) is 9.84. The second-order valence-corrected chi connectivity index (χ2v) is 4.41. The molecule has 0 aliphatic carbocycles. The Balaban J connectivity index is 3.79. The first-order valence-corrected chi connectivity index (χ1v) is 6.26. The van der Waals surface area contributed by atoms with Gasteiger partial charge < -0.3 is 0 Å². The predicted molar refractivity (Wildman–Crippen MR) is 69.7 cm³/mol. The molecule has 0 aliphatic heterocycles. The molecule has 0 nitrogen and oxygen atoms in total. The molecular weight excluding hydrogens is 180 g/mol. The summed E-state index contributed by atoms with van der Waals surface area (Å²) in [6.45, 7) is 10.3. The van der Waals surface area contributed by atoms with Crippen LogP contribution in [-0.4, -0.2) is 0 Å². The maximum absolute atomic E-state index is 3.84. The Bertz CT molecular complexity index is 204. The fraction of sp³-hybridized carbons (Fsp3) is 0.733. The average Bonchev–Trinajstić information content (AvgIpc) is 2.25. The molecule has 0 spiro atoms. The lowest BCUT2D eigenvalue weighted by Gasteiger charge is -2.16. The van der Waals surface area contributed by atoms with Crippen LogP contribution in [0.1, 0.15) is 59.3 Å². The van der Waals surface area contributed by atoms with Gasteiger partial charge in [0.05, 0.1) is 0 Å². The van der Waals surface area contributed by atoms with Gasteiger partial charge in [0.15, 0.2) is 0 Å². The fourth-order valence-electron chi connectivity index (χ4n) is 1.86. The first kappa shape index (κ1) is 14.3. The lowest BCUT2D eigenvalue weighted by molar-refractivity contribution is 0.389.